The summed E-state index contributed by atoms with van der Waals surface area (Å²) in [6.07, 6.45) is 2.24. The summed E-state index contributed by atoms with van der Waals surface area (Å²) in [5.74, 6) is 0.489. The number of carbonyl (C=O) groups is 1. The molecule has 1 amide bonds. The second kappa shape index (κ2) is 7.15. The van der Waals surface area contributed by atoms with Crippen molar-refractivity contribution < 1.29 is 13.9 Å². The molecule has 1 N–H and O–H groups in total. The fraction of sp³-hybridized carbons (Fsp3) is 0.190. The van der Waals surface area contributed by atoms with Gasteiger partial charge in [-0.2, -0.15) is 0 Å². The van der Waals surface area contributed by atoms with E-state index < -0.39 is 5.60 Å². The van der Waals surface area contributed by atoms with Crippen molar-refractivity contribution in [2.24, 2.45) is 0 Å². The third-order valence-electron chi connectivity index (χ3n) is 4.79. The van der Waals surface area contributed by atoms with Crippen LogP contribution in [0.2, 0.25) is 5.02 Å². The van der Waals surface area contributed by atoms with Gasteiger partial charge in [-0.25, -0.2) is 0 Å². The molecule has 3 aromatic rings. The molecule has 0 saturated heterocycles. The lowest BCUT2D eigenvalue weighted by Gasteiger charge is -2.31. The van der Waals surface area contributed by atoms with Crippen LogP contribution >= 0.6 is 27.5 Å². The monoisotopic (exact) mass is 445 g/mol. The van der Waals surface area contributed by atoms with E-state index >= 15 is 0 Å². The first-order valence-corrected chi connectivity index (χ1v) is 9.78. The molecular weight excluding hydrogens is 430 g/mol. The Kier molecular flexibility index (Phi) is 4.84. The molecule has 1 atom stereocenters. The number of amides is 1. The van der Waals surface area contributed by atoms with Crippen molar-refractivity contribution in [2.45, 2.75) is 18.9 Å². The van der Waals surface area contributed by atoms with Crippen LogP contribution in [0.15, 0.2) is 63.7 Å². The lowest BCUT2D eigenvalue weighted by molar-refractivity contribution is -0.126. The number of nitrogens with one attached hydrogen (secondary N) is 1. The third-order valence-corrected chi connectivity index (χ3v) is 5.47. The standard InChI is InChI=1S/C21H17BrClNO3/c1-2-21(19-4-3-7-26-19)17-10-13(14-8-15(22)11-16(23)9-14)5-6-18(17)24-20(25)12-27-21/h3-11H,2,12H2,1H3,(H,24,25). The zero-order chi connectivity index (χ0) is 19.0. The molecular formula is C21H17BrClNO3. The van der Waals surface area contributed by atoms with Gasteiger partial charge in [-0.3, -0.25) is 4.79 Å². The van der Waals surface area contributed by atoms with Crippen molar-refractivity contribution in [3.05, 3.63) is 75.6 Å². The van der Waals surface area contributed by atoms with E-state index in [1.165, 1.54) is 0 Å². The van der Waals surface area contributed by atoms with Crippen LogP contribution in [0.25, 0.3) is 11.1 Å². The van der Waals surface area contributed by atoms with Crippen molar-refractivity contribution >= 4 is 39.1 Å². The molecule has 4 rings (SSSR count). The Balaban J connectivity index is 1.94. The lowest BCUT2D eigenvalue weighted by atomic mass is 9.85. The third kappa shape index (κ3) is 3.31. The molecule has 1 unspecified atom stereocenters. The predicted molar refractivity (Wildman–Crippen MR) is 109 cm³/mol. The normalized spacial score (nSPS) is 19.3. The van der Waals surface area contributed by atoms with Crippen LogP contribution in [-0.2, 0) is 15.1 Å². The number of hydrogen-bond acceptors (Lipinski definition) is 3. The summed E-state index contributed by atoms with van der Waals surface area (Å²) in [5, 5.41) is 3.58. The van der Waals surface area contributed by atoms with Gasteiger partial charge in [0.15, 0.2) is 5.60 Å². The van der Waals surface area contributed by atoms with E-state index in [2.05, 4.69) is 21.2 Å². The van der Waals surface area contributed by atoms with Crippen LogP contribution in [-0.4, -0.2) is 12.5 Å². The summed E-state index contributed by atoms with van der Waals surface area (Å²) in [4.78, 5) is 12.2. The van der Waals surface area contributed by atoms with Gasteiger partial charge < -0.3 is 14.5 Å². The average Bonchev–Trinajstić information content (AvgIpc) is 3.13. The topological polar surface area (TPSA) is 51.5 Å². The van der Waals surface area contributed by atoms with E-state index in [9.17, 15) is 4.79 Å². The summed E-state index contributed by atoms with van der Waals surface area (Å²) in [7, 11) is 0. The summed E-state index contributed by atoms with van der Waals surface area (Å²) >= 11 is 9.72. The second-order valence-electron chi connectivity index (χ2n) is 6.41. The number of rotatable bonds is 3. The minimum atomic E-state index is -0.843. The van der Waals surface area contributed by atoms with Gasteiger partial charge in [0.1, 0.15) is 12.4 Å². The van der Waals surface area contributed by atoms with Gasteiger partial charge in [0.2, 0.25) is 5.91 Å². The van der Waals surface area contributed by atoms with Gasteiger partial charge in [-0.05, 0) is 60.0 Å². The maximum atomic E-state index is 12.2. The first-order valence-electron chi connectivity index (χ1n) is 8.60. The summed E-state index contributed by atoms with van der Waals surface area (Å²) in [5.41, 5.74) is 2.68. The average molecular weight is 447 g/mol. The minimum absolute atomic E-state index is 0.0404. The molecule has 0 bridgehead atoms. The van der Waals surface area contributed by atoms with Crippen molar-refractivity contribution in [1.29, 1.82) is 0 Å². The first kappa shape index (κ1) is 18.3. The zero-order valence-corrected chi connectivity index (χ0v) is 16.9. The summed E-state index contributed by atoms with van der Waals surface area (Å²) < 4.78 is 12.7. The Morgan fingerprint density at radius 2 is 2.04 bits per heavy atom. The van der Waals surface area contributed by atoms with Gasteiger partial charge in [0.05, 0.1) is 6.26 Å². The zero-order valence-electron chi connectivity index (χ0n) is 14.6. The molecule has 1 aromatic heterocycles. The van der Waals surface area contributed by atoms with Gasteiger partial charge in [0, 0.05) is 20.7 Å². The van der Waals surface area contributed by atoms with Gasteiger partial charge in [-0.1, -0.05) is 40.5 Å². The molecule has 1 aliphatic rings. The Labute approximate surface area is 170 Å². The Morgan fingerprint density at radius 1 is 1.19 bits per heavy atom. The van der Waals surface area contributed by atoms with Gasteiger partial charge >= 0.3 is 0 Å². The minimum Gasteiger partial charge on any atom is -0.466 e. The number of halogens is 2. The molecule has 6 heteroatoms. The maximum absolute atomic E-state index is 12.2. The first-order chi connectivity index (χ1) is 13.0. The molecule has 0 aliphatic carbocycles. The maximum Gasteiger partial charge on any atom is 0.250 e. The molecule has 0 saturated carbocycles. The second-order valence-corrected chi connectivity index (χ2v) is 7.77. The fourth-order valence-corrected chi connectivity index (χ4v) is 4.38. The highest BCUT2D eigenvalue weighted by Gasteiger charge is 2.41. The largest absolute Gasteiger partial charge is 0.466 e. The van der Waals surface area contributed by atoms with Crippen LogP contribution < -0.4 is 5.32 Å². The van der Waals surface area contributed by atoms with Gasteiger partial charge in [0.25, 0.3) is 0 Å². The molecule has 4 nitrogen and oxygen atoms in total. The Morgan fingerprint density at radius 3 is 2.74 bits per heavy atom. The van der Waals surface area contributed by atoms with E-state index in [1.807, 2.05) is 55.5 Å². The van der Waals surface area contributed by atoms with E-state index in [-0.39, 0.29) is 12.5 Å². The number of benzene rings is 2. The fourth-order valence-electron chi connectivity index (χ4n) is 3.52. The van der Waals surface area contributed by atoms with Crippen molar-refractivity contribution in [3.63, 3.8) is 0 Å². The van der Waals surface area contributed by atoms with Crippen LogP contribution in [0.3, 0.4) is 0 Å². The van der Waals surface area contributed by atoms with Crippen molar-refractivity contribution in [2.75, 3.05) is 11.9 Å². The molecule has 0 radical (unpaired) electrons. The van der Waals surface area contributed by atoms with Crippen LogP contribution in [0.5, 0.6) is 0 Å². The van der Waals surface area contributed by atoms with E-state index in [0.717, 1.165) is 26.9 Å². The van der Waals surface area contributed by atoms with Crippen LogP contribution in [0, 0.1) is 0 Å². The molecule has 2 heterocycles. The van der Waals surface area contributed by atoms with E-state index in [4.69, 9.17) is 20.8 Å². The van der Waals surface area contributed by atoms with E-state index in [0.29, 0.717) is 17.2 Å². The number of fused-ring (bicyclic) bond motifs is 1. The predicted octanol–water partition coefficient (Wildman–Crippen LogP) is 5.98. The van der Waals surface area contributed by atoms with E-state index in [1.54, 1.807) is 6.26 Å². The molecule has 0 spiro atoms. The number of ether oxygens (including phenoxy) is 1. The SMILES string of the molecule is CCC1(c2ccco2)OCC(=O)Nc2ccc(-c3cc(Cl)cc(Br)c3)cc21. The molecule has 0 fully saturated rings. The number of carbonyl (C=O) groups excluding carboxylic acids is 1. The quantitative estimate of drug-likeness (QED) is 0.538. The highest BCUT2D eigenvalue weighted by molar-refractivity contribution is 9.10. The van der Waals surface area contributed by atoms with Gasteiger partial charge in [-0.15, -0.1) is 0 Å². The number of anilines is 1. The smallest absolute Gasteiger partial charge is 0.250 e. The highest BCUT2D eigenvalue weighted by Crippen LogP contribution is 2.44. The number of hydrogen-bond donors (Lipinski definition) is 1. The summed E-state index contributed by atoms with van der Waals surface area (Å²) in [6, 6.07) is 15.4. The lowest BCUT2D eigenvalue weighted by Crippen LogP contribution is -2.30. The molecule has 2 aromatic carbocycles. The molecule has 138 valence electrons. The Bertz CT molecular complexity index is 982. The highest BCUT2D eigenvalue weighted by atomic mass is 79.9. The van der Waals surface area contributed by atoms with Crippen LogP contribution in [0.4, 0.5) is 5.69 Å². The Hall–Kier alpha value is -2.08. The van der Waals surface area contributed by atoms with Crippen molar-refractivity contribution in [1.82, 2.24) is 0 Å². The van der Waals surface area contributed by atoms with Crippen LogP contribution in [0.1, 0.15) is 24.7 Å². The summed E-state index contributed by atoms with van der Waals surface area (Å²) in [6.45, 7) is 1.98. The molecule has 1 aliphatic heterocycles. The van der Waals surface area contributed by atoms with Crippen molar-refractivity contribution in [3.8, 4) is 11.1 Å². The molecule has 27 heavy (non-hydrogen) atoms. The number of furan rings is 1.